The van der Waals surface area contributed by atoms with E-state index in [0.717, 1.165) is 25.3 Å². The van der Waals surface area contributed by atoms with E-state index in [9.17, 15) is 4.79 Å². The summed E-state index contributed by atoms with van der Waals surface area (Å²) in [4.78, 5) is 20.4. The zero-order valence-electron chi connectivity index (χ0n) is 15.5. The minimum absolute atomic E-state index is 0.260. The van der Waals surface area contributed by atoms with Gasteiger partial charge in [0.2, 0.25) is 5.91 Å². The van der Waals surface area contributed by atoms with E-state index in [1.165, 1.54) is 29.3 Å². The molecule has 2 heterocycles. The third kappa shape index (κ3) is 3.50. The summed E-state index contributed by atoms with van der Waals surface area (Å²) in [7, 11) is 0. The van der Waals surface area contributed by atoms with Gasteiger partial charge in [0.25, 0.3) is 0 Å². The van der Waals surface area contributed by atoms with E-state index in [2.05, 4.69) is 34.1 Å². The molecule has 4 heteroatoms. The third-order valence-electron chi connectivity index (χ3n) is 5.83. The fourth-order valence-corrected chi connectivity index (χ4v) is 4.31. The highest BCUT2D eigenvalue weighted by molar-refractivity contribution is 5.95. The zero-order chi connectivity index (χ0) is 18.2. The molecule has 2 aliphatic rings. The predicted octanol–water partition coefficient (Wildman–Crippen LogP) is 4.19. The number of anilines is 1. The predicted molar refractivity (Wildman–Crippen MR) is 109 cm³/mol. The summed E-state index contributed by atoms with van der Waals surface area (Å²) in [6, 6.07) is 19.6. The van der Waals surface area contributed by atoms with E-state index in [1.54, 1.807) is 0 Å². The van der Waals surface area contributed by atoms with Gasteiger partial charge in [0.05, 0.1) is 0 Å². The molecule has 1 atom stereocenters. The van der Waals surface area contributed by atoms with Crippen molar-refractivity contribution < 1.29 is 4.79 Å². The van der Waals surface area contributed by atoms with Gasteiger partial charge in [-0.05, 0) is 60.0 Å². The maximum atomic E-state index is 12.5. The molecule has 3 aromatic rings. The van der Waals surface area contributed by atoms with E-state index in [0.29, 0.717) is 18.4 Å². The summed E-state index contributed by atoms with van der Waals surface area (Å²) in [5.74, 6) is 0.671. The highest BCUT2D eigenvalue weighted by Gasteiger charge is 2.35. The van der Waals surface area contributed by atoms with Crippen LogP contribution in [0.1, 0.15) is 24.8 Å². The molecular weight excluding hydrogens is 334 g/mol. The van der Waals surface area contributed by atoms with Gasteiger partial charge in [-0.15, -0.1) is 0 Å². The maximum Gasteiger partial charge on any atom is 0.227 e. The van der Waals surface area contributed by atoms with Crippen LogP contribution < -0.4 is 4.90 Å². The van der Waals surface area contributed by atoms with E-state index in [4.69, 9.17) is 0 Å². The molecule has 27 heavy (non-hydrogen) atoms. The largest absolute Gasteiger partial charge is 0.361 e. The third-order valence-corrected chi connectivity index (χ3v) is 5.83. The lowest BCUT2D eigenvalue weighted by atomic mass is 10.1. The SMILES string of the molecule is O=C1CC(CN(Cc2ccc3[nH]ccc3c2)C2CC2)CN1c1ccccc1. The standard InChI is InChI=1S/C23H25N3O/c27-23-13-18(16-26(23)21-4-2-1-3-5-21)15-25(20-7-8-20)14-17-6-9-22-19(12-17)10-11-24-22/h1-6,9-12,18,20,24H,7-8,13-16H2. The second-order valence-electron chi connectivity index (χ2n) is 7.97. The first-order valence-electron chi connectivity index (χ1n) is 9.92. The number of carbonyl (C=O) groups is 1. The average Bonchev–Trinajstić information content (AvgIpc) is 3.32. The summed E-state index contributed by atoms with van der Waals surface area (Å²) in [6.07, 6.45) is 5.23. The number of nitrogens with one attached hydrogen (secondary N) is 1. The number of fused-ring (bicyclic) bond motifs is 1. The van der Waals surface area contributed by atoms with Crippen LogP contribution in [-0.4, -0.2) is 34.9 Å². The van der Waals surface area contributed by atoms with Crippen LogP contribution in [-0.2, 0) is 11.3 Å². The zero-order valence-corrected chi connectivity index (χ0v) is 15.5. The second-order valence-corrected chi connectivity index (χ2v) is 7.97. The average molecular weight is 359 g/mol. The Labute approximate surface area is 159 Å². The Morgan fingerprint density at radius 3 is 2.74 bits per heavy atom. The van der Waals surface area contributed by atoms with Crippen molar-refractivity contribution in [2.45, 2.75) is 31.8 Å². The van der Waals surface area contributed by atoms with Crippen LogP contribution in [0.2, 0.25) is 0 Å². The quantitative estimate of drug-likeness (QED) is 0.717. The molecule has 1 aliphatic carbocycles. The van der Waals surface area contributed by atoms with Gasteiger partial charge in [-0.3, -0.25) is 9.69 Å². The van der Waals surface area contributed by atoms with Crippen molar-refractivity contribution >= 4 is 22.5 Å². The van der Waals surface area contributed by atoms with E-state index >= 15 is 0 Å². The number of aromatic nitrogens is 1. The molecule has 1 aromatic heterocycles. The minimum atomic E-state index is 0.260. The number of benzene rings is 2. The molecule has 4 nitrogen and oxygen atoms in total. The van der Waals surface area contributed by atoms with Gasteiger partial charge in [0.15, 0.2) is 0 Å². The molecule has 1 N–H and O–H groups in total. The fourth-order valence-electron chi connectivity index (χ4n) is 4.31. The number of carbonyl (C=O) groups excluding carboxylic acids is 1. The lowest BCUT2D eigenvalue weighted by Gasteiger charge is -2.25. The topological polar surface area (TPSA) is 39.3 Å². The van der Waals surface area contributed by atoms with Crippen LogP contribution in [0.15, 0.2) is 60.8 Å². The van der Waals surface area contributed by atoms with Gasteiger partial charge in [-0.2, -0.15) is 0 Å². The van der Waals surface area contributed by atoms with Gasteiger partial charge in [-0.1, -0.05) is 24.3 Å². The Bertz CT molecular complexity index is 944. The van der Waals surface area contributed by atoms with Crippen LogP contribution in [0.5, 0.6) is 0 Å². The maximum absolute atomic E-state index is 12.5. The van der Waals surface area contributed by atoms with Crippen molar-refractivity contribution in [3.05, 3.63) is 66.4 Å². The van der Waals surface area contributed by atoms with Crippen LogP contribution >= 0.6 is 0 Å². The second kappa shape index (κ2) is 6.86. The smallest absolute Gasteiger partial charge is 0.227 e. The molecule has 1 aliphatic heterocycles. The molecule has 2 aromatic carbocycles. The Kier molecular flexibility index (Phi) is 4.21. The first kappa shape index (κ1) is 16.6. The molecule has 1 amide bonds. The lowest BCUT2D eigenvalue weighted by molar-refractivity contribution is -0.117. The van der Waals surface area contributed by atoms with Gasteiger partial charge in [-0.25, -0.2) is 0 Å². The molecular formula is C23H25N3O. The Morgan fingerprint density at radius 2 is 1.93 bits per heavy atom. The molecule has 1 saturated heterocycles. The van der Waals surface area contributed by atoms with Gasteiger partial charge >= 0.3 is 0 Å². The van der Waals surface area contributed by atoms with Crippen molar-refractivity contribution in [2.24, 2.45) is 5.92 Å². The number of H-pyrrole nitrogens is 1. The molecule has 1 saturated carbocycles. The van der Waals surface area contributed by atoms with Crippen molar-refractivity contribution in [3.8, 4) is 0 Å². The van der Waals surface area contributed by atoms with Gasteiger partial charge in [0, 0.05) is 49.5 Å². The number of aromatic amines is 1. The number of para-hydroxylation sites is 1. The highest BCUT2D eigenvalue weighted by Crippen LogP contribution is 2.32. The van der Waals surface area contributed by atoms with Gasteiger partial charge < -0.3 is 9.88 Å². The van der Waals surface area contributed by atoms with Crippen molar-refractivity contribution in [1.82, 2.24) is 9.88 Å². The Morgan fingerprint density at radius 1 is 1.07 bits per heavy atom. The van der Waals surface area contributed by atoms with E-state index < -0.39 is 0 Å². The van der Waals surface area contributed by atoms with Crippen molar-refractivity contribution in [1.29, 1.82) is 0 Å². The van der Waals surface area contributed by atoms with E-state index in [-0.39, 0.29) is 5.91 Å². The highest BCUT2D eigenvalue weighted by atomic mass is 16.2. The fraction of sp³-hybridized carbons (Fsp3) is 0.348. The molecule has 0 spiro atoms. The molecule has 1 unspecified atom stereocenters. The number of rotatable bonds is 6. The van der Waals surface area contributed by atoms with Crippen molar-refractivity contribution in [2.75, 3.05) is 18.0 Å². The minimum Gasteiger partial charge on any atom is -0.361 e. The summed E-state index contributed by atoms with van der Waals surface area (Å²) < 4.78 is 0. The molecule has 2 fully saturated rings. The molecule has 5 rings (SSSR count). The molecule has 0 radical (unpaired) electrons. The Hall–Kier alpha value is -2.59. The van der Waals surface area contributed by atoms with E-state index in [1.807, 2.05) is 41.4 Å². The summed E-state index contributed by atoms with van der Waals surface area (Å²) in [5.41, 5.74) is 3.58. The van der Waals surface area contributed by atoms with Gasteiger partial charge in [0.1, 0.15) is 0 Å². The summed E-state index contributed by atoms with van der Waals surface area (Å²) >= 11 is 0. The first-order chi connectivity index (χ1) is 13.3. The number of hydrogen-bond acceptors (Lipinski definition) is 2. The van der Waals surface area contributed by atoms with Crippen LogP contribution in [0.3, 0.4) is 0 Å². The number of amides is 1. The normalized spacial score (nSPS) is 20.1. The summed E-state index contributed by atoms with van der Waals surface area (Å²) in [6.45, 7) is 2.82. The monoisotopic (exact) mass is 359 g/mol. The van der Waals surface area contributed by atoms with Crippen LogP contribution in [0, 0.1) is 5.92 Å². The summed E-state index contributed by atoms with van der Waals surface area (Å²) in [5, 5.41) is 1.27. The molecule has 0 bridgehead atoms. The Balaban J connectivity index is 1.28. The van der Waals surface area contributed by atoms with Crippen molar-refractivity contribution in [3.63, 3.8) is 0 Å². The van der Waals surface area contributed by atoms with Crippen LogP contribution in [0.4, 0.5) is 5.69 Å². The number of nitrogens with zero attached hydrogens (tertiary/aromatic N) is 2. The lowest BCUT2D eigenvalue weighted by Crippen LogP contribution is -2.32. The first-order valence-corrected chi connectivity index (χ1v) is 9.92. The molecule has 138 valence electrons. The van der Waals surface area contributed by atoms with Crippen LogP contribution in [0.25, 0.3) is 10.9 Å². The number of hydrogen-bond donors (Lipinski definition) is 1.